The lowest BCUT2D eigenvalue weighted by Crippen LogP contribution is -2.47. The summed E-state index contributed by atoms with van der Waals surface area (Å²) in [5.74, 6) is 0. The highest BCUT2D eigenvalue weighted by molar-refractivity contribution is 5.89. The average molecular weight is 275 g/mol. The first-order chi connectivity index (χ1) is 9.70. The summed E-state index contributed by atoms with van der Waals surface area (Å²) in [4.78, 5) is 14.4. The summed E-state index contributed by atoms with van der Waals surface area (Å²) >= 11 is 0. The van der Waals surface area contributed by atoms with E-state index in [1.165, 1.54) is 19.3 Å². The third-order valence-electron chi connectivity index (χ3n) is 3.87. The van der Waals surface area contributed by atoms with Crippen molar-refractivity contribution in [2.24, 2.45) is 0 Å². The van der Waals surface area contributed by atoms with Gasteiger partial charge in [0, 0.05) is 11.7 Å². The number of anilines is 1. The van der Waals surface area contributed by atoms with Crippen molar-refractivity contribution < 1.29 is 4.79 Å². The Morgan fingerprint density at radius 1 is 1.30 bits per heavy atom. The Morgan fingerprint density at radius 2 is 2.05 bits per heavy atom. The molecule has 110 valence electrons. The normalized spacial score (nSPS) is 15.9. The van der Waals surface area contributed by atoms with Crippen LogP contribution in [0.15, 0.2) is 24.3 Å². The van der Waals surface area contributed by atoms with Crippen LogP contribution in [0.4, 0.5) is 10.5 Å². The summed E-state index contributed by atoms with van der Waals surface area (Å²) in [6.07, 6.45) is 5.97. The van der Waals surface area contributed by atoms with Crippen molar-refractivity contribution in [1.29, 1.82) is 0 Å². The standard InChI is InChI=1S/C16H25N3O/c1-13-7-6-8-14(11-13)18-16(20)19(12-17-2)15-9-4-3-5-10-15/h6-8,11,15,17H,3-5,9-10,12H2,1-2H3,(H,18,20). The Kier molecular flexibility index (Phi) is 5.41. The molecule has 2 rings (SSSR count). The summed E-state index contributed by atoms with van der Waals surface area (Å²) in [6.45, 7) is 2.63. The molecular weight excluding hydrogens is 250 g/mol. The number of nitrogens with one attached hydrogen (secondary N) is 2. The van der Waals surface area contributed by atoms with Crippen LogP contribution in [0.1, 0.15) is 37.7 Å². The van der Waals surface area contributed by atoms with Crippen molar-refractivity contribution in [2.75, 3.05) is 19.0 Å². The molecule has 0 atom stereocenters. The van der Waals surface area contributed by atoms with Crippen LogP contribution in [-0.4, -0.2) is 30.7 Å². The van der Waals surface area contributed by atoms with Gasteiger partial charge in [-0.15, -0.1) is 0 Å². The quantitative estimate of drug-likeness (QED) is 0.828. The predicted molar refractivity (Wildman–Crippen MR) is 82.8 cm³/mol. The zero-order valence-corrected chi connectivity index (χ0v) is 12.5. The van der Waals surface area contributed by atoms with Crippen LogP contribution in [0.5, 0.6) is 0 Å². The number of hydrogen-bond donors (Lipinski definition) is 2. The highest BCUT2D eigenvalue weighted by Crippen LogP contribution is 2.23. The van der Waals surface area contributed by atoms with Crippen LogP contribution < -0.4 is 10.6 Å². The van der Waals surface area contributed by atoms with E-state index >= 15 is 0 Å². The molecule has 1 saturated carbocycles. The van der Waals surface area contributed by atoms with Gasteiger partial charge in [0.2, 0.25) is 0 Å². The van der Waals surface area contributed by atoms with Gasteiger partial charge in [-0.05, 0) is 44.5 Å². The molecule has 1 fully saturated rings. The first-order valence-corrected chi connectivity index (χ1v) is 7.49. The predicted octanol–water partition coefficient (Wildman–Crippen LogP) is 3.34. The van der Waals surface area contributed by atoms with Crippen LogP contribution in [0, 0.1) is 6.92 Å². The van der Waals surface area contributed by atoms with Gasteiger partial charge in [-0.3, -0.25) is 0 Å². The van der Waals surface area contributed by atoms with Gasteiger partial charge < -0.3 is 15.5 Å². The molecule has 1 aromatic rings. The first-order valence-electron chi connectivity index (χ1n) is 7.49. The molecule has 0 aromatic heterocycles. The topological polar surface area (TPSA) is 44.4 Å². The number of carbonyl (C=O) groups excluding carboxylic acids is 1. The Labute approximate surface area is 121 Å². The number of urea groups is 1. The van der Waals surface area contributed by atoms with Crippen molar-refractivity contribution in [3.05, 3.63) is 29.8 Å². The lowest BCUT2D eigenvalue weighted by molar-refractivity contribution is 0.162. The summed E-state index contributed by atoms with van der Waals surface area (Å²) in [5, 5.41) is 6.12. The summed E-state index contributed by atoms with van der Waals surface area (Å²) in [5.41, 5.74) is 2.02. The van der Waals surface area contributed by atoms with Crippen molar-refractivity contribution >= 4 is 11.7 Å². The van der Waals surface area contributed by atoms with E-state index in [0.717, 1.165) is 24.1 Å². The van der Waals surface area contributed by atoms with Gasteiger partial charge in [0.05, 0.1) is 6.67 Å². The Hall–Kier alpha value is -1.55. The zero-order valence-electron chi connectivity index (χ0n) is 12.5. The molecule has 0 aliphatic heterocycles. The summed E-state index contributed by atoms with van der Waals surface area (Å²) < 4.78 is 0. The van der Waals surface area contributed by atoms with Gasteiger partial charge in [0.15, 0.2) is 0 Å². The van der Waals surface area contributed by atoms with E-state index < -0.39 is 0 Å². The highest BCUT2D eigenvalue weighted by Gasteiger charge is 2.24. The molecule has 0 radical (unpaired) electrons. The fourth-order valence-electron chi connectivity index (χ4n) is 2.85. The van der Waals surface area contributed by atoms with Crippen molar-refractivity contribution in [2.45, 2.75) is 45.1 Å². The maximum Gasteiger partial charge on any atom is 0.323 e. The van der Waals surface area contributed by atoms with Crippen LogP contribution in [0.3, 0.4) is 0 Å². The molecule has 0 heterocycles. The number of carbonyl (C=O) groups is 1. The molecule has 0 bridgehead atoms. The van der Waals surface area contributed by atoms with Gasteiger partial charge in [0.1, 0.15) is 0 Å². The van der Waals surface area contributed by atoms with Crippen molar-refractivity contribution in [3.63, 3.8) is 0 Å². The molecular formula is C16H25N3O. The second-order valence-electron chi connectivity index (χ2n) is 5.57. The van der Waals surface area contributed by atoms with Crippen LogP contribution in [-0.2, 0) is 0 Å². The number of amides is 2. The molecule has 1 aliphatic carbocycles. The zero-order chi connectivity index (χ0) is 14.4. The SMILES string of the molecule is CNCN(C(=O)Nc1cccc(C)c1)C1CCCCC1. The number of nitrogens with zero attached hydrogens (tertiary/aromatic N) is 1. The van der Waals surface area contributed by atoms with E-state index in [1.54, 1.807) is 0 Å². The molecule has 0 spiro atoms. The van der Waals surface area contributed by atoms with E-state index in [1.807, 2.05) is 43.1 Å². The second-order valence-corrected chi connectivity index (χ2v) is 5.57. The van der Waals surface area contributed by atoms with E-state index in [-0.39, 0.29) is 6.03 Å². The average Bonchev–Trinajstić information content (AvgIpc) is 2.45. The van der Waals surface area contributed by atoms with Crippen LogP contribution in [0.25, 0.3) is 0 Å². The Bertz CT molecular complexity index is 441. The minimum absolute atomic E-state index is 0.00292. The molecule has 4 heteroatoms. The molecule has 2 N–H and O–H groups in total. The number of aryl methyl sites for hydroxylation is 1. The first kappa shape index (κ1) is 14.9. The maximum absolute atomic E-state index is 12.5. The Morgan fingerprint density at radius 3 is 2.70 bits per heavy atom. The van der Waals surface area contributed by atoms with E-state index in [2.05, 4.69) is 10.6 Å². The number of hydrogen-bond acceptors (Lipinski definition) is 2. The molecule has 0 unspecified atom stereocenters. The molecule has 20 heavy (non-hydrogen) atoms. The van der Waals surface area contributed by atoms with Gasteiger partial charge in [-0.25, -0.2) is 4.79 Å². The lowest BCUT2D eigenvalue weighted by atomic mass is 9.94. The van der Waals surface area contributed by atoms with Crippen LogP contribution >= 0.6 is 0 Å². The van der Waals surface area contributed by atoms with Crippen molar-refractivity contribution in [3.8, 4) is 0 Å². The fourth-order valence-corrected chi connectivity index (χ4v) is 2.85. The van der Waals surface area contributed by atoms with E-state index in [9.17, 15) is 4.79 Å². The van der Waals surface area contributed by atoms with Crippen molar-refractivity contribution in [1.82, 2.24) is 10.2 Å². The maximum atomic E-state index is 12.5. The minimum Gasteiger partial charge on any atom is -0.309 e. The van der Waals surface area contributed by atoms with Gasteiger partial charge in [0.25, 0.3) is 0 Å². The number of benzene rings is 1. The molecule has 1 aromatic carbocycles. The molecule has 4 nitrogen and oxygen atoms in total. The molecule has 2 amide bonds. The third kappa shape index (κ3) is 3.97. The van der Waals surface area contributed by atoms with Gasteiger partial charge in [-0.1, -0.05) is 31.4 Å². The Balaban J connectivity index is 2.02. The van der Waals surface area contributed by atoms with Gasteiger partial charge in [-0.2, -0.15) is 0 Å². The third-order valence-corrected chi connectivity index (χ3v) is 3.87. The van der Waals surface area contributed by atoms with Gasteiger partial charge >= 0.3 is 6.03 Å². The largest absolute Gasteiger partial charge is 0.323 e. The highest BCUT2D eigenvalue weighted by atomic mass is 16.2. The van der Waals surface area contributed by atoms with E-state index in [4.69, 9.17) is 0 Å². The lowest BCUT2D eigenvalue weighted by Gasteiger charge is -2.34. The molecule has 1 aliphatic rings. The minimum atomic E-state index is -0.00292. The monoisotopic (exact) mass is 275 g/mol. The number of rotatable bonds is 4. The second kappa shape index (κ2) is 7.29. The van der Waals surface area contributed by atoms with Crippen LogP contribution in [0.2, 0.25) is 0 Å². The smallest absolute Gasteiger partial charge is 0.309 e. The fraction of sp³-hybridized carbons (Fsp3) is 0.562. The van der Waals surface area contributed by atoms with E-state index in [0.29, 0.717) is 12.7 Å². The summed E-state index contributed by atoms with van der Waals surface area (Å²) in [6, 6.07) is 8.29. The summed E-state index contributed by atoms with van der Waals surface area (Å²) in [7, 11) is 1.88. The molecule has 0 saturated heterocycles.